The first-order valence-electron chi connectivity index (χ1n) is 7.76. The van der Waals surface area contributed by atoms with Crippen molar-refractivity contribution in [2.75, 3.05) is 5.32 Å². The molecule has 3 amide bonds. The van der Waals surface area contributed by atoms with Crippen LogP contribution in [0.3, 0.4) is 0 Å². The van der Waals surface area contributed by atoms with E-state index < -0.39 is 23.8 Å². The number of urea groups is 1. The van der Waals surface area contributed by atoms with Gasteiger partial charge in [-0.1, -0.05) is 0 Å². The third-order valence-electron chi connectivity index (χ3n) is 3.76. The molecule has 1 saturated carbocycles. The van der Waals surface area contributed by atoms with E-state index in [2.05, 4.69) is 16.6 Å². The molecule has 6 nitrogen and oxygen atoms in total. The molecule has 0 unspecified atom stereocenters. The third-order valence-corrected chi connectivity index (χ3v) is 3.76. The molecule has 2 rings (SSSR count). The van der Waals surface area contributed by atoms with Gasteiger partial charge in [0.1, 0.15) is 6.04 Å². The van der Waals surface area contributed by atoms with Crippen LogP contribution in [0, 0.1) is 18.2 Å². The number of ether oxygens (including phenoxy) is 1. The molecule has 0 heterocycles. The van der Waals surface area contributed by atoms with Crippen LogP contribution in [-0.4, -0.2) is 24.1 Å². The lowest BCUT2D eigenvalue weighted by Crippen LogP contribution is -2.45. The largest absolute Gasteiger partial charge is 0.487 e. The van der Waals surface area contributed by atoms with Crippen LogP contribution in [0.15, 0.2) is 18.2 Å². The van der Waals surface area contributed by atoms with Gasteiger partial charge in [0.2, 0.25) is 5.91 Å². The second-order valence-electron chi connectivity index (χ2n) is 5.63. The van der Waals surface area contributed by atoms with Crippen molar-refractivity contribution in [2.24, 2.45) is 5.73 Å². The highest BCUT2D eigenvalue weighted by molar-refractivity contribution is 5.93. The summed E-state index contributed by atoms with van der Waals surface area (Å²) in [6.45, 7) is 0. The molecule has 0 spiro atoms. The Balaban J connectivity index is 1.94. The van der Waals surface area contributed by atoms with Crippen LogP contribution >= 0.6 is 0 Å². The van der Waals surface area contributed by atoms with Crippen LogP contribution in [0.2, 0.25) is 0 Å². The van der Waals surface area contributed by atoms with Crippen LogP contribution in [0.25, 0.3) is 0 Å². The quantitative estimate of drug-likeness (QED) is 0.696. The molecule has 0 bridgehead atoms. The van der Waals surface area contributed by atoms with Gasteiger partial charge in [0.05, 0.1) is 6.10 Å². The maximum atomic E-state index is 14.1. The molecule has 0 aliphatic heterocycles. The monoisotopic (exact) mass is 333 g/mol. The number of nitrogens with two attached hydrogens (primary N) is 1. The number of carbonyl (C=O) groups is 2. The lowest BCUT2D eigenvalue weighted by atomic mass is 10.2. The number of carbonyl (C=O) groups excluding carboxylic acids is 2. The number of benzene rings is 1. The van der Waals surface area contributed by atoms with Crippen molar-refractivity contribution in [3.05, 3.63) is 24.0 Å². The smallest absolute Gasteiger partial charge is 0.319 e. The van der Waals surface area contributed by atoms with Gasteiger partial charge >= 0.3 is 6.03 Å². The molecular weight excluding hydrogens is 313 g/mol. The van der Waals surface area contributed by atoms with Crippen molar-refractivity contribution in [1.29, 1.82) is 0 Å². The summed E-state index contributed by atoms with van der Waals surface area (Å²) in [5, 5.41) is 4.76. The summed E-state index contributed by atoms with van der Waals surface area (Å²) in [5.41, 5.74) is 5.36. The Morgan fingerprint density at radius 1 is 1.42 bits per heavy atom. The fourth-order valence-electron chi connectivity index (χ4n) is 2.53. The number of primary amides is 1. The molecule has 128 valence electrons. The number of hydrogen-bond donors (Lipinski definition) is 3. The van der Waals surface area contributed by atoms with Crippen molar-refractivity contribution < 1.29 is 18.7 Å². The van der Waals surface area contributed by atoms with E-state index in [0.29, 0.717) is 0 Å². The highest BCUT2D eigenvalue weighted by Crippen LogP contribution is 2.27. The predicted octanol–water partition coefficient (Wildman–Crippen LogP) is 2.15. The number of rotatable bonds is 6. The number of halogens is 1. The summed E-state index contributed by atoms with van der Waals surface area (Å²) >= 11 is 0. The highest BCUT2D eigenvalue weighted by Gasteiger charge is 2.19. The standard InChI is InChI=1S/C17H20FN3O3/c1-2-5-14(16(19)22)21-17(23)20-11-8-9-15(13(18)10-11)24-12-6-3-4-7-12/h1,8-10,12,14H,3-7H2,(H2,19,22)(H2,20,21,23)/t14-/m0/s1. The lowest BCUT2D eigenvalue weighted by Gasteiger charge is -2.16. The van der Waals surface area contributed by atoms with Gasteiger partial charge in [-0.15, -0.1) is 12.3 Å². The fraction of sp³-hybridized carbons (Fsp3) is 0.412. The van der Waals surface area contributed by atoms with Crippen LogP contribution < -0.4 is 21.1 Å². The average Bonchev–Trinajstić information content (AvgIpc) is 3.02. The Labute approximate surface area is 139 Å². The minimum absolute atomic E-state index is 0.0225. The number of terminal acetylenes is 1. The van der Waals surface area contributed by atoms with Gasteiger partial charge in [-0.2, -0.15) is 0 Å². The zero-order valence-electron chi connectivity index (χ0n) is 13.2. The zero-order valence-corrected chi connectivity index (χ0v) is 13.2. The van der Waals surface area contributed by atoms with E-state index in [0.717, 1.165) is 31.7 Å². The molecule has 7 heteroatoms. The summed E-state index contributed by atoms with van der Waals surface area (Å²) in [6.07, 6.45) is 9.15. The normalized spacial score (nSPS) is 15.3. The van der Waals surface area contributed by atoms with Gasteiger partial charge in [-0.25, -0.2) is 9.18 Å². The number of amides is 3. The zero-order chi connectivity index (χ0) is 17.5. The van der Waals surface area contributed by atoms with Crippen molar-refractivity contribution in [3.8, 4) is 18.1 Å². The molecule has 4 N–H and O–H groups in total. The van der Waals surface area contributed by atoms with Gasteiger partial charge in [-0.05, 0) is 37.8 Å². The number of hydrogen-bond acceptors (Lipinski definition) is 3. The second kappa shape index (κ2) is 8.20. The van der Waals surface area contributed by atoms with Crippen molar-refractivity contribution >= 4 is 17.6 Å². The van der Waals surface area contributed by atoms with Gasteiger partial charge in [0.25, 0.3) is 0 Å². The minimum atomic E-state index is -0.982. The van der Waals surface area contributed by atoms with Crippen LogP contribution in [0.1, 0.15) is 32.1 Å². The summed E-state index contributed by atoms with van der Waals surface area (Å²) in [4.78, 5) is 23.0. The molecule has 0 saturated heterocycles. The minimum Gasteiger partial charge on any atom is -0.487 e. The Morgan fingerprint density at radius 2 is 2.12 bits per heavy atom. The molecule has 24 heavy (non-hydrogen) atoms. The van der Waals surface area contributed by atoms with Gasteiger partial charge in [0, 0.05) is 18.2 Å². The molecule has 1 fully saturated rings. The first-order valence-corrected chi connectivity index (χ1v) is 7.76. The second-order valence-corrected chi connectivity index (χ2v) is 5.63. The van der Waals surface area contributed by atoms with Crippen LogP contribution in [0.4, 0.5) is 14.9 Å². The Kier molecular flexibility index (Phi) is 6.01. The molecule has 0 radical (unpaired) electrons. The van der Waals surface area contributed by atoms with E-state index in [-0.39, 0.29) is 24.0 Å². The van der Waals surface area contributed by atoms with E-state index in [9.17, 15) is 14.0 Å². The van der Waals surface area contributed by atoms with Gasteiger partial charge < -0.3 is 21.1 Å². The SMILES string of the molecule is C#CC[C@H](NC(=O)Nc1ccc(OC2CCCC2)c(F)c1)C(N)=O. The van der Waals surface area contributed by atoms with Crippen LogP contribution in [0.5, 0.6) is 5.75 Å². The summed E-state index contributed by atoms with van der Waals surface area (Å²) in [6, 6.07) is 2.47. The van der Waals surface area contributed by atoms with Gasteiger partial charge in [0.15, 0.2) is 11.6 Å². The molecule has 1 atom stereocenters. The van der Waals surface area contributed by atoms with E-state index in [4.69, 9.17) is 16.9 Å². The summed E-state index contributed by atoms with van der Waals surface area (Å²) in [5.74, 6) is 1.11. The van der Waals surface area contributed by atoms with Crippen molar-refractivity contribution in [2.45, 2.75) is 44.2 Å². The Bertz CT molecular complexity index is 651. The summed E-state index contributed by atoms with van der Waals surface area (Å²) in [7, 11) is 0. The molecular formula is C17H20FN3O3. The van der Waals surface area contributed by atoms with E-state index >= 15 is 0 Å². The lowest BCUT2D eigenvalue weighted by molar-refractivity contribution is -0.119. The number of nitrogens with one attached hydrogen (secondary N) is 2. The maximum Gasteiger partial charge on any atom is 0.319 e. The molecule has 1 aromatic rings. The van der Waals surface area contributed by atoms with E-state index in [1.807, 2.05) is 0 Å². The summed E-state index contributed by atoms with van der Waals surface area (Å²) < 4.78 is 19.7. The highest BCUT2D eigenvalue weighted by atomic mass is 19.1. The molecule has 0 aromatic heterocycles. The molecule has 1 aromatic carbocycles. The first-order chi connectivity index (χ1) is 11.5. The Morgan fingerprint density at radius 3 is 2.71 bits per heavy atom. The third kappa shape index (κ3) is 4.88. The fourth-order valence-corrected chi connectivity index (χ4v) is 2.53. The predicted molar refractivity (Wildman–Crippen MR) is 87.9 cm³/mol. The van der Waals surface area contributed by atoms with Crippen molar-refractivity contribution in [3.63, 3.8) is 0 Å². The number of anilines is 1. The Hall–Kier alpha value is -2.75. The average molecular weight is 333 g/mol. The molecule has 1 aliphatic carbocycles. The topological polar surface area (TPSA) is 93.4 Å². The maximum absolute atomic E-state index is 14.1. The van der Waals surface area contributed by atoms with E-state index in [1.165, 1.54) is 12.1 Å². The van der Waals surface area contributed by atoms with E-state index in [1.54, 1.807) is 0 Å². The van der Waals surface area contributed by atoms with Gasteiger partial charge in [-0.3, -0.25) is 4.79 Å². The first kappa shape index (κ1) is 17.6. The molecule has 1 aliphatic rings. The van der Waals surface area contributed by atoms with Crippen molar-refractivity contribution in [1.82, 2.24) is 5.32 Å². The van der Waals surface area contributed by atoms with Crippen LogP contribution in [-0.2, 0) is 4.79 Å².